The summed E-state index contributed by atoms with van der Waals surface area (Å²) in [5, 5.41) is 26.9. The molecule has 2 aromatic carbocycles. The minimum absolute atomic E-state index is 0. The van der Waals surface area contributed by atoms with Crippen LogP contribution in [-0.2, 0) is 38.4 Å². The summed E-state index contributed by atoms with van der Waals surface area (Å²) in [6.07, 6.45) is 7.63. The zero-order chi connectivity index (χ0) is 36.7. The van der Waals surface area contributed by atoms with Gasteiger partial charge in [-0.15, -0.1) is 0 Å². The molecule has 2 aromatic rings. The molecule has 0 aliphatic heterocycles. The molecule has 1 saturated carbocycles. The topological polar surface area (TPSA) is 70.8 Å². The average Bonchev–Trinajstić information content (AvgIpc) is 2.83. The summed E-state index contributed by atoms with van der Waals surface area (Å²) in [4.78, 5) is 9.95. The van der Waals surface area contributed by atoms with E-state index in [-0.39, 0.29) is 62.0 Å². The van der Waals surface area contributed by atoms with E-state index >= 15 is 0 Å². The summed E-state index contributed by atoms with van der Waals surface area (Å²) in [5.74, 6) is 0.120. The standard InChI is InChI=1S/C36H54N2O2.Co.6FH.Sb/c1-33(2,3)25-17-23(31(39)27(19-25)35(7,8)9)21-37-29-15-13-14-16-30(29)38-22-24-18-26(34(4,5)6)20-28(32(24)40)36(10,11)12;;;;;;;;/h17-22,29-30,39-40H,13-16H2,1-12H3;;6*1H;/q;+3;;;;;;;+5/p-8/t29-,30-;;;;;;;;/m0......../s1. The summed E-state index contributed by atoms with van der Waals surface area (Å²) >= 11 is -11.2. The fourth-order valence-electron chi connectivity index (χ4n) is 5.27. The first kappa shape index (κ1) is 44.3. The van der Waals surface area contributed by atoms with Gasteiger partial charge in [-0.2, -0.15) is 0 Å². The Morgan fingerprint density at radius 1 is 0.562 bits per heavy atom. The fraction of sp³-hybridized carbons (Fsp3) is 0.611. The minimum atomic E-state index is -11.2. The second-order valence-electron chi connectivity index (χ2n) is 16.8. The third kappa shape index (κ3) is 14.6. The monoisotopic (exact) mass is 838 g/mol. The number of hydrogen-bond donors (Lipinski definition) is 0. The molecule has 0 bridgehead atoms. The number of benzene rings is 2. The molecular weight excluding hydrogens is 787 g/mol. The van der Waals surface area contributed by atoms with E-state index < -0.39 is 19.5 Å². The van der Waals surface area contributed by atoms with Crippen molar-refractivity contribution in [3.63, 3.8) is 0 Å². The van der Waals surface area contributed by atoms with Gasteiger partial charge in [0, 0.05) is 12.4 Å². The van der Waals surface area contributed by atoms with Gasteiger partial charge in [0.25, 0.3) is 0 Å². The molecule has 1 aliphatic rings. The van der Waals surface area contributed by atoms with Crippen molar-refractivity contribution in [3.05, 3.63) is 57.6 Å². The second-order valence-corrected chi connectivity index (χ2v) is 22.3. The summed E-state index contributed by atoms with van der Waals surface area (Å²) in [6.45, 7) is 25.6. The zero-order valence-electron chi connectivity index (χ0n) is 30.2. The molecule has 274 valence electrons. The van der Waals surface area contributed by atoms with E-state index in [9.17, 15) is 27.1 Å². The van der Waals surface area contributed by atoms with Gasteiger partial charge < -0.3 is 10.2 Å². The summed E-state index contributed by atoms with van der Waals surface area (Å²) in [7, 11) is 0. The molecule has 4 nitrogen and oxygen atoms in total. The van der Waals surface area contributed by atoms with Crippen molar-refractivity contribution in [2.75, 3.05) is 0 Å². The molecule has 0 heterocycles. The third-order valence-electron chi connectivity index (χ3n) is 8.09. The SMILES string of the molecule is CC(C)(C)c1cc(C=N[C@H]2CCCC[C@@H]2N=Cc2cc(C(C)(C)C)cc(C(C)(C)C)c2[O-])c([O-])c(C(C)(C)C)c1.[Co+3].[F][Sb-]([F])([F])([F])([F])[F]. The molecule has 12 heteroatoms. The average molecular weight is 840 g/mol. The van der Waals surface area contributed by atoms with Gasteiger partial charge in [-0.1, -0.05) is 132 Å². The van der Waals surface area contributed by atoms with Gasteiger partial charge in [0.2, 0.25) is 0 Å². The van der Waals surface area contributed by atoms with Crippen LogP contribution in [0.4, 0.5) is 16.9 Å². The van der Waals surface area contributed by atoms with E-state index in [2.05, 4.69) is 95.2 Å². The number of nitrogens with zero attached hydrogens (tertiary/aromatic N) is 2. The predicted molar refractivity (Wildman–Crippen MR) is 180 cm³/mol. The predicted octanol–water partition coefficient (Wildman–Crippen LogP) is 10.0. The maximum absolute atomic E-state index is 13.5. The Balaban J connectivity index is 0.00000130. The molecule has 0 N–H and O–H groups in total. The van der Waals surface area contributed by atoms with Gasteiger partial charge in [-0.05, 0) is 67.9 Å². The van der Waals surface area contributed by atoms with Crippen LogP contribution in [0.1, 0.15) is 142 Å². The number of aliphatic imine (C=N–C) groups is 2. The van der Waals surface area contributed by atoms with Crippen LogP contribution in [0, 0.1) is 0 Å². The molecule has 1 aliphatic carbocycles. The Morgan fingerprint density at radius 2 is 0.833 bits per heavy atom. The molecule has 3 rings (SSSR count). The van der Waals surface area contributed by atoms with E-state index in [0.717, 1.165) is 47.9 Å². The van der Waals surface area contributed by atoms with Gasteiger partial charge in [0.1, 0.15) is 0 Å². The molecule has 0 saturated heterocycles. The van der Waals surface area contributed by atoms with E-state index in [4.69, 9.17) is 9.98 Å². The Hall–Kier alpha value is -1.72. The van der Waals surface area contributed by atoms with Crippen LogP contribution in [0.5, 0.6) is 11.5 Å². The maximum atomic E-state index is 13.5. The number of halogens is 6. The van der Waals surface area contributed by atoms with Crippen molar-refractivity contribution in [3.8, 4) is 11.5 Å². The molecule has 0 radical (unpaired) electrons. The normalized spacial score (nSPS) is 19.7. The Morgan fingerprint density at radius 3 is 1.06 bits per heavy atom. The quantitative estimate of drug-likeness (QED) is 0.175. The van der Waals surface area contributed by atoms with Gasteiger partial charge in [0.15, 0.2) is 0 Å². The van der Waals surface area contributed by atoms with E-state index in [1.54, 1.807) is 12.4 Å². The van der Waals surface area contributed by atoms with Crippen LogP contribution in [0.2, 0.25) is 0 Å². The van der Waals surface area contributed by atoms with Crippen LogP contribution >= 0.6 is 0 Å². The first-order valence-corrected chi connectivity index (χ1v) is 21.8. The van der Waals surface area contributed by atoms with Crippen molar-refractivity contribution in [1.82, 2.24) is 0 Å². The van der Waals surface area contributed by atoms with Crippen molar-refractivity contribution >= 4 is 31.9 Å². The Bertz CT molecular complexity index is 1390. The zero-order valence-corrected chi connectivity index (χ0v) is 33.8. The molecule has 2 atom stereocenters. The summed E-state index contributed by atoms with van der Waals surface area (Å²) < 4.78 is 59.6. The first-order chi connectivity index (χ1) is 20.6. The Labute approximate surface area is 296 Å². The number of hydrogen-bond acceptors (Lipinski definition) is 4. The van der Waals surface area contributed by atoms with Crippen LogP contribution in [0.25, 0.3) is 0 Å². The van der Waals surface area contributed by atoms with Crippen LogP contribution < -0.4 is 10.2 Å². The number of rotatable bonds is 4. The fourth-order valence-corrected chi connectivity index (χ4v) is 5.27. The summed E-state index contributed by atoms with van der Waals surface area (Å²) in [5.41, 5.74) is 4.62. The van der Waals surface area contributed by atoms with Crippen molar-refractivity contribution < 1.29 is 43.9 Å². The molecule has 1 fully saturated rings. The van der Waals surface area contributed by atoms with Gasteiger partial charge in [-0.25, -0.2) is 0 Å². The van der Waals surface area contributed by atoms with Gasteiger partial charge >= 0.3 is 53.1 Å². The van der Waals surface area contributed by atoms with Crippen molar-refractivity contribution in [2.45, 2.75) is 143 Å². The molecule has 0 spiro atoms. The third-order valence-corrected chi connectivity index (χ3v) is 8.09. The molecule has 0 unspecified atom stereocenters. The molecule has 0 aromatic heterocycles. The van der Waals surface area contributed by atoms with Crippen molar-refractivity contribution in [1.29, 1.82) is 0 Å². The summed E-state index contributed by atoms with van der Waals surface area (Å²) in [6, 6.07) is 8.15. The van der Waals surface area contributed by atoms with Crippen LogP contribution in [-0.4, -0.2) is 44.0 Å². The first-order valence-electron chi connectivity index (χ1n) is 16.0. The van der Waals surface area contributed by atoms with E-state index in [0.29, 0.717) is 11.1 Å². The van der Waals surface area contributed by atoms with Gasteiger partial charge in [0.05, 0.1) is 12.1 Å². The van der Waals surface area contributed by atoms with E-state index in [1.807, 2.05) is 12.1 Å². The van der Waals surface area contributed by atoms with Crippen LogP contribution in [0.3, 0.4) is 0 Å². The second kappa shape index (κ2) is 14.1. The van der Waals surface area contributed by atoms with Gasteiger partial charge in [-0.3, -0.25) is 9.98 Å². The molecular formula is C36H52CoF6N2O2Sb. The molecule has 0 amide bonds. The Kier molecular flexibility index (Phi) is 13.0. The molecule has 48 heavy (non-hydrogen) atoms. The van der Waals surface area contributed by atoms with E-state index in [1.165, 1.54) is 0 Å². The van der Waals surface area contributed by atoms with Crippen molar-refractivity contribution in [2.24, 2.45) is 9.98 Å². The van der Waals surface area contributed by atoms with Crippen LogP contribution in [0.15, 0.2) is 34.3 Å².